The quantitative estimate of drug-likeness (QED) is 0.0119. The molecule has 4 atom stereocenters. The highest BCUT2D eigenvalue weighted by Crippen LogP contribution is 2.43. The minimum atomic E-state index is -4.33. The molecular formula is C43H76NO9P. The molecule has 0 spiro atoms. The summed E-state index contributed by atoms with van der Waals surface area (Å²) in [5.74, 6) is -0.471. The number of hydrogen-bond acceptors (Lipinski definition) is 9. The largest absolute Gasteiger partial charge is 0.492 e. The second kappa shape index (κ2) is 39.0. The van der Waals surface area contributed by atoms with Crippen LogP contribution in [-0.2, 0) is 27.9 Å². The van der Waals surface area contributed by atoms with Gasteiger partial charge in [0.25, 0.3) is 0 Å². The number of esters is 1. The summed E-state index contributed by atoms with van der Waals surface area (Å²) in [6, 6.07) is 0. The van der Waals surface area contributed by atoms with Crippen LogP contribution in [0.2, 0.25) is 0 Å². The number of carbonyl (C=O) groups excluding carboxylic acids is 1. The lowest BCUT2D eigenvalue weighted by Gasteiger charge is -2.19. The van der Waals surface area contributed by atoms with Gasteiger partial charge in [0.2, 0.25) is 0 Å². The first-order valence-electron chi connectivity index (χ1n) is 20.7. The zero-order valence-corrected chi connectivity index (χ0v) is 34.5. The van der Waals surface area contributed by atoms with E-state index >= 15 is 0 Å². The van der Waals surface area contributed by atoms with Crippen molar-refractivity contribution in [3.05, 3.63) is 73.1 Å². The summed E-state index contributed by atoms with van der Waals surface area (Å²) in [6.45, 7) is 3.81. The Bertz CT molecular complexity index is 1090. The van der Waals surface area contributed by atoms with E-state index in [9.17, 15) is 24.5 Å². The lowest BCUT2D eigenvalue weighted by atomic mass is 10.1. The van der Waals surface area contributed by atoms with Gasteiger partial charge in [-0.25, -0.2) is 4.57 Å². The Balaban J connectivity index is 4.39. The zero-order valence-electron chi connectivity index (χ0n) is 33.7. The Labute approximate surface area is 328 Å². The average Bonchev–Trinajstić information content (AvgIpc) is 3.15. The van der Waals surface area contributed by atoms with Gasteiger partial charge in [0.15, 0.2) is 6.10 Å². The number of aliphatic hydroxyl groups is 2. The lowest BCUT2D eigenvalue weighted by Crippen LogP contribution is -2.25. The van der Waals surface area contributed by atoms with Crippen LogP contribution in [0.3, 0.4) is 0 Å². The molecule has 0 amide bonds. The molecule has 0 heterocycles. The van der Waals surface area contributed by atoms with E-state index in [1.165, 1.54) is 64.0 Å². The molecule has 5 N–H and O–H groups in total. The van der Waals surface area contributed by atoms with Gasteiger partial charge in [-0.15, -0.1) is 0 Å². The SMILES string of the molecule is CCCCCCCC/C=C\CCCCCC/C=C/O[C@H](COC(=O)CCC[C@@H](O)/C=C/C=C\C/C=C\C=C\[C@@H](O)CCCCC)COP(=O)(O)OCCN. The molecule has 11 heteroatoms. The van der Waals surface area contributed by atoms with Crippen molar-refractivity contribution in [3.63, 3.8) is 0 Å². The van der Waals surface area contributed by atoms with Gasteiger partial charge in [-0.1, -0.05) is 139 Å². The topological polar surface area (TPSA) is 158 Å². The number of hydrogen-bond donors (Lipinski definition) is 4. The van der Waals surface area contributed by atoms with Crippen molar-refractivity contribution >= 4 is 13.8 Å². The average molecular weight is 782 g/mol. The van der Waals surface area contributed by atoms with Gasteiger partial charge >= 0.3 is 13.8 Å². The molecule has 0 aromatic carbocycles. The first-order valence-corrected chi connectivity index (χ1v) is 22.2. The molecule has 0 rings (SSSR count). The van der Waals surface area contributed by atoms with Crippen LogP contribution in [0, 0.1) is 0 Å². The van der Waals surface area contributed by atoms with Crippen LogP contribution in [-0.4, -0.2) is 65.8 Å². The van der Waals surface area contributed by atoms with Crippen molar-refractivity contribution in [1.82, 2.24) is 0 Å². The molecule has 0 fully saturated rings. The van der Waals surface area contributed by atoms with Gasteiger partial charge in [-0.05, 0) is 70.3 Å². The van der Waals surface area contributed by atoms with Gasteiger partial charge in [0.1, 0.15) is 6.61 Å². The van der Waals surface area contributed by atoms with Crippen molar-refractivity contribution in [2.75, 3.05) is 26.4 Å². The first-order chi connectivity index (χ1) is 26.2. The van der Waals surface area contributed by atoms with Crippen molar-refractivity contribution in [2.24, 2.45) is 5.73 Å². The molecule has 0 aromatic rings. The summed E-state index contributed by atoms with van der Waals surface area (Å²) in [6.07, 6.45) is 42.3. The zero-order chi connectivity index (χ0) is 39.8. The molecule has 0 aliphatic heterocycles. The maximum Gasteiger partial charge on any atom is 0.472 e. The lowest BCUT2D eigenvalue weighted by molar-refractivity contribution is -0.147. The van der Waals surface area contributed by atoms with Crippen molar-refractivity contribution in [3.8, 4) is 0 Å². The molecule has 0 saturated carbocycles. The Morgan fingerprint density at radius 3 is 1.80 bits per heavy atom. The van der Waals surface area contributed by atoms with E-state index in [0.717, 1.165) is 57.8 Å². The standard InChI is InChI=1S/C43H76NO9P/c1-3-5-7-8-9-10-11-12-13-14-15-16-17-21-24-28-36-50-42(39-53-54(48,49)52-37-35-44)38-51-43(47)34-29-33-41(46)32-27-23-20-18-19-22-26-31-40(45)30-25-6-4-2/h12-13,19-20,22-23,26-28,31-32,36,40-42,45-46H,3-11,14-18,21,24-25,29-30,33-35,37-39,44H2,1-2H3,(H,48,49)/b13-12-,22-19-,23-20-,31-26+,32-27+,36-28+/t40-,41-,42+/m0/s1. The third-order valence-electron chi connectivity index (χ3n) is 8.39. The highest BCUT2D eigenvalue weighted by molar-refractivity contribution is 7.47. The highest BCUT2D eigenvalue weighted by atomic mass is 31.2. The minimum absolute atomic E-state index is 0.0629. The third kappa shape index (κ3) is 38.0. The van der Waals surface area contributed by atoms with E-state index in [1.807, 2.05) is 36.5 Å². The van der Waals surface area contributed by atoms with Crippen LogP contribution in [0.1, 0.15) is 149 Å². The number of aliphatic hydroxyl groups excluding tert-OH is 2. The van der Waals surface area contributed by atoms with Gasteiger partial charge in [0, 0.05) is 13.0 Å². The van der Waals surface area contributed by atoms with Crippen LogP contribution in [0.5, 0.6) is 0 Å². The number of phosphoric ester groups is 1. The number of ether oxygens (including phenoxy) is 2. The Morgan fingerprint density at radius 2 is 1.20 bits per heavy atom. The molecular weight excluding hydrogens is 705 g/mol. The van der Waals surface area contributed by atoms with Gasteiger partial charge in [-0.3, -0.25) is 13.8 Å². The maximum absolute atomic E-state index is 12.4. The Morgan fingerprint density at radius 1 is 0.667 bits per heavy atom. The van der Waals surface area contributed by atoms with Crippen LogP contribution in [0.25, 0.3) is 0 Å². The smallest absolute Gasteiger partial charge is 0.472 e. The summed E-state index contributed by atoms with van der Waals surface area (Å²) in [5.41, 5.74) is 5.34. The summed E-state index contributed by atoms with van der Waals surface area (Å²) in [7, 11) is -4.33. The second-order valence-corrected chi connectivity index (χ2v) is 15.1. The second-order valence-electron chi connectivity index (χ2n) is 13.6. The number of phosphoric acid groups is 1. The summed E-state index contributed by atoms with van der Waals surface area (Å²) in [5, 5.41) is 20.1. The fourth-order valence-corrected chi connectivity index (χ4v) is 5.95. The van der Waals surface area contributed by atoms with Crippen molar-refractivity contribution < 1.29 is 43.0 Å². The summed E-state index contributed by atoms with van der Waals surface area (Å²) >= 11 is 0. The van der Waals surface area contributed by atoms with E-state index < -0.39 is 32.1 Å². The molecule has 0 aliphatic carbocycles. The molecule has 1 unspecified atom stereocenters. The third-order valence-corrected chi connectivity index (χ3v) is 9.38. The number of unbranched alkanes of at least 4 members (excludes halogenated alkanes) is 13. The highest BCUT2D eigenvalue weighted by Gasteiger charge is 2.24. The first kappa shape index (κ1) is 51.7. The van der Waals surface area contributed by atoms with Crippen LogP contribution in [0.4, 0.5) is 0 Å². The van der Waals surface area contributed by atoms with E-state index in [4.69, 9.17) is 24.3 Å². The molecule has 10 nitrogen and oxygen atoms in total. The van der Waals surface area contributed by atoms with Crippen molar-refractivity contribution in [1.29, 1.82) is 0 Å². The molecule has 0 saturated heterocycles. The fourth-order valence-electron chi connectivity index (χ4n) is 5.19. The summed E-state index contributed by atoms with van der Waals surface area (Å²) < 4.78 is 33.0. The Hall–Kier alpha value is -2.30. The molecule has 54 heavy (non-hydrogen) atoms. The Kier molecular flexibility index (Phi) is 37.3. The predicted octanol–water partition coefficient (Wildman–Crippen LogP) is 10.3. The molecule has 0 aliphatic rings. The van der Waals surface area contributed by atoms with Crippen LogP contribution in [0.15, 0.2) is 73.1 Å². The molecule has 312 valence electrons. The fraction of sp³-hybridized carbons (Fsp3) is 0.698. The van der Waals surface area contributed by atoms with Crippen LogP contribution < -0.4 is 5.73 Å². The van der Waals surface area contributed by atoms with E-state index in [0.29, 0.717) is 12.8 Å². The molecule has 0 radical (unpaired) electrons. The normalized spacial score (nSPS) is 15.4. The number of carbonyl (C=O) groups is 1. The minimum Gasteiger partial charge on any atom is -0.492 e. The van der Waals surface area contributed by atoms with Gasteiger partial charge < -0.3 is 30.3 Å². The number of rotatable bonds is 38. The summed E-state index contributed by atoms with van der Waals surface area (Å²) in [4.78, 5) is 22.3. The predicted molar refractivity (Wildman–Crippen MR) is 222 cm³/mol. The molecule has 0 aromatic heterocycles. The monoisotopic (exact) mass is 782 g/mol. The molecule has 0 bridgehead atoms. The number of allylic oxidation sites excluding steroid dienone is 9. The van der Waals surface area contributed by atoms with E-state index in [1.54, 1.807) is 18.2 Å². The number of nitrogens with two attached hydrogens (primary N) is 1. The van der Waals surface area contributed by atoms with Crippen molar-refractivity contribution in [2.45, 2.75) is 167 Å². The van der Waals surface area contributed by atoms with Crippen LogP contribution >= 0.6 is 7.82 Å². The van der Waals surface area contributed by atoms with E-state index in [2.05, 4.69) is 26.0 Å². The maximum atomic E-state index is 12.4. The van der Waals surface area contributed by atoms with Gasteiger partial charge in [0.05, 0.1) is 31.7 Å². The van der Waals surface area contributed by atoms with Gasteiger partial charge in [-0.2, -0.15) is 0 Å². The van der Waals surface area contributed by atoms with E-state index in [-0.39, 0.29) is 32.8 Å².